The molecule has 15 heavy (non-hydrogen) atoms. The second kappa shape index (κ2) is 5.00. The highest BCUT2D eigenvalue weighted by atomic mass is 35.5. The smallest absolute Gasteiger partial charge is 0.0437 e. The predicted octanol–water partition coefficient (Wildman–Crippen LogP) is 3.85. The van der Waals surface area contributed by atoms with E-state index in [2.05, 4.69) is 20.8 Å². The lowest BCUT2D eigenvalue weighted by Gasteiger charge is -2.30. The molecule has 0 heterocycles. The minimum atomic E-state index is 0.163. The number of rotatable bonds is 3. The lowest BCUT2D eigenvalue weighted by molar-refractivity contribution is 0.223. The van der Waals surface area contributed by atoms with Gasteiger partial charge in [0.15, 0.2) is 0 Å². The van der Waals surface area contributed by atoms with E-state index in [0.29, 0.717) is 5.92 Å². The first-order valence-electron chi connectivity index (χ1n) is 5.31. The minimum Gasteiger partial charge on any atom is -0.396 e. The van der Waals surface area contributed by atoms with Crippen LogP contribution in [-0.4, -0.2) is 11.7 Å². The Morgan fingerprint density at radius 2 is 1.73 bits per heavy atom. The Morgan fingerprint density at radius 1 is 1.20 bits per heavy atom. The molecule has 2 heteroatoms. The highest BCUT2D eigenvalue weighted by Gasteiger charge is 2.25. The van der Waals surface area contributed by atoms with Gasteiger partial charge in [-0.2, -0.15) is 0 Å². The Balaban J connectivity index is 2.94. The summed E-state index contributed by atoms with van der Waals surface area (Å²) in [4.78, 5) is 0. The van der Waals surface area contributed by atoms with Crippen LogP contribution in [0.2, 0.25) is 5.02 Å². The van der Waals surface area contributed by atoms with Crippen LogP contribution in [0.25, 0.3) is 0 Å². The Hall–Kier alpha value is -0.530. The molecule has 0 amide bonds. The van der Waals surface area contributed by atoms with Gasteiger partial charge in [0.25, 0.3) is 0 Å². The summed E-state index contributed by atoms with van der Waals surface area (Å²) in [7, 11) is 0. The first-order chi connectivity index (χ1) is 6.95. The Bertz CT molecular complexity index is 297. The van der Waals surface area contributed by atoms with Gasteiger partial charge in [-0.25, -0.2) is 0 Å². The molecule has 1 aromatic carbocycles. The molecule has 1 rings (SSSR count). The van der Waals surface area contributed by atoms with Crippen LogP contribution in [0.15, 0.2) is 24.3 Å². The van der Waals surface area contributed by atoms with E-state index in [4.69, 9.17) is 16.7 Å². The molecule has 0 aromatic heterocycles. The van der Waals surface area contributed by atoms with E-state index in [-0.39, 0.29) is 12.0 Å². The van der Waals surface area contributed by atoms with Crippen LogP contribution in [0.4, 0.5) is 0 Å². The van der Waals surface area contributed by atoms with Crippen molar-refractivity contribution >= 4 is 11.6 Å². The Morgan fingerprint density at radius 3 is 2.13 bits per heavy atom. The van der Waals surface area contributed by atoms with Crippen molar-refractivity contribution in [3.8, 4) is 0 Å². The van der Waals surface area contributed by atoms with E-state index in [0.717, 1.165) is 11.4 Å². The maximum Gasteiger partial charge on any atom is 0.0437 e. The molecule has 0 spiro atoms. The zero-order chi connectivity index (χ0) is 11.5. The third kappa shape index (κ3) is 3.51. The summed E-state index contributed by atoms with van der Waals surface area (Å²) in [5.74, 6) is 0.375. The van der Waals surface area contributed by atoms with Crippen molar-refractivity contribution in [3.63, 3.8) is 0 Å². The molecular weight excluding hydrogens is 208 g/mol. The summed E-state index contributed by atoms with van der Waals surface area (Å²) in [6, 6.07) is 7.92. The Kier molecular flexibility index (Phi) is 4.18. The van der Waals surface area contributed by atoms with Crippen LogP contribution >= 0.6 is 11.6 Å². The van der Waals surface area contributed by atoms with Crippen molar-refractivity contribution in [2.75, 3.05) is 6.61 Å². The number of aliphatic hydroxyl groups excluding tert-OH is 1. The average Bonchev–Trinajstić information content (AvgIpc) is 2.14. The van der Waals surface area contributed by atoms with Gasteiger partial charge >= 0.3 is 0 Å². The molecule has 1 nitrogen and oxygen atoms in total. The fourth-order valence-corrected chi connectivity index (χ4v) is 2.05. The van der Waals surface area contributed by atoms with Crippen LogP contribution in [0.3, 0.4) is 0 Å². The van der Waals surface area contributed by atoms with Crippen molar-refractivity contribution < 1.29 is 5.11 Å². The highest BCUT2D eigenvalue weighted by Crippen LogP contribution is 2.37. The van der Waals surface area contributed by atoms with Crippen LogP contribution in [0.1, 0.15) is 38.7 Å². The van der Waals surface area contributed by atoms with Crippen molar-refractivity contribution in [2.45, 2.75) is 33.1 Å². The monoisotopic (exact) mass is 226 g/mol. The van der Waals surface area contributed by atoms with E-state index in [1.807, 2.05) is 24.3 Å². The second-order valence-electron chi connectivity index (χ2n) is 4.98. The average molecular weight is 227 g/mol. The molecule has 0 aliphatic carbocycles. The lowest BCUT2D eigenvalue weighted by atomic mass is 9.75. The van der Waals surface area contributed by atoms with Crippen molar-refractivity contribution in [1.82, 2.24) is 0 Å². The zero-order valence-electron chi connectivity index (χ0n) is 9.63. The van der Waals surface area contributed by atoms with Gasteiger partial charge in [0, 0.05) is 11.6 Å². The van der Waals surface area contributed by atoms with Gasteiger partial charge < -0.3 is 5.11 Å². The molecule has 0 aliphatic heterocycles. The van der Waals surface area contributed by atoms with Gasteiger partial charge in [-0.3, -0.25) is 0 Å². The summed E-state index contributed by atoms with van der Waals surface area (Å²) >= 11 is 5.86. The SMILES string of the molecule is CC(C)(C)[C@@H](CCO)c1ccc(Cl)cc1. The number of benzene rings is 1. The molecule has 1 atom stereocenters. The molecule has 0 bridgehead atoms. The van der Waals surface area contributed by atoms with Crippen LogP contribution in [0, 0.1) is 5.41 Å². The molecule has 0 unspecified atom stereocenters. The minimum absolute atomic E-state index is 0.163. The lowest BCUT2D eigenvalue weighted by Crippen LogP contribution is -2.19. The summed E-state index contributed by atoms with van der Waals surface area (Å²) in [6.07, 6.45) is 0.797. The van der Waals surface area contributed by atoms with Crippen LogP contribution < -0.4 is 0 Å². The van der Waals surface area contributed by atoms with Gasteiger partial charge in [0.2, 0.25) is 0 Å². The standard InChI is InChI=1S/C13H19ClO/c1-13(2,3)12(8-9-15)10-4-6-11(14)7-5-10/h4-7,12,15H,8-9H2,1-3H3/t12-/m0/s1. The highest BCUT2D eigenvalue weighted by molar-refractivity contribution is 6.30. The first kappa shape index (κ1) is 12.5. The summed E-state index contributed by atoms with van der Waals surface area (Å²) < 4.78 is 0. The first-order valence-corrected chi connectivity index (χ1v) is 5.69. The number of hydrogen-bond donors (Lipinski definition) is 1. The van der Waals surface area contributed by atoms with Gasteiger partial charge in [-0.15, -0.1) is 0 Å². The maximum absolute atomic E-state index is 9.09. The molecule has 0 aliphatic rings. The zero-order valence-corrected chi connectivity index (χ0v) is 10.4. The molecule has 1 N–H and O–H groups in total. The molecule has 0 saturated heterocycles. The summed E-state index contributed by atoms with van der Waals surface area (Å²) in [5, 5.41) is 9.85. The number of halogens is 1. The van der Waals surface area contributed by atoms with Crippen molar-refractivity contribution in [2.24, 2.45) is 5.41 Å². The maximum atomic E-state index is 9.09. The van der Waals surface area contributed by atoms with Crippen LogP contribution in [-0.2, 0) is 0 Å². The molecule has 0 radical (unpaired) electrons. The van der Waals surface area contributed by atoms with Crippen molar-refractivity contribution in [3.05, 3.63) is 34.9 Å². The van der Waals surface area contributed by atoms with Gasteiger partial charge in [0.05, 0.1) is 0 Å². The largest absolute Gasteiger partial charge is 0.396 e. The molecule has 0 fully saturated rings. The molecule has 0 saturated carbocycles. The third-order valence-electron chi connectivity index (χ3n) is 2.74. The molecule has 1 aromatic rings. The van der Waals surface area contributed by atoms with E-state index in [1.54, 1.807) is 0 Å². The number of hydrogen-bond acceptors (Lipinski definition) is 1. The molecule has 84 valence electrons. The van der Waals surface area contributed by atoms with Crippen LogP contribution in [0.5, 0.6) is 0 Å². The predicted molar refractivity (Wildman–Crippen MR) is 65.4 cm³/mol. The van der Waals surface area contributed by atoms with Gasteiger partial charge in [0.1, 0.15) is 0 Å². The topological polar surface area (TPSA) is 20.2 Å². The second-order valence-corrected chi connectivity index (χ2v) is 5.42. The summed E-state index contributed by atoms with van der Waals surface area (Å²) in [5.41, 5.74) is 1.41. The van der Waals surface area contributed by atoms with Gasteiger partial charge in [-0.05, 0) is 35.4 Å². The van der Waals surface area contributed by atoms with E-state index in [1.165, 1.54) is 5.56 Å². The fourth-order valence-electron chi connectivity index (χ4n) is 1.92. The van der Waals surface area contributed by atoms with E-state index < -0.39 is 0 Å². The van der Waals surface area contributed by atoms with Gasteiger partial charge in [-0.1, -0.05) is 44.5 Å². The quantitative estimate of drug-likeness (QED) is 0.830. The third-order valence-corrected chi connectivity index (χ3v) is 2.99. The van der Waals surface area contributed by atoms with E-state index >= 15 is 0 Å². The van der Waals surface area contributed by atoms with E-state index in [9.17, 15) is 0 Å². The fraction of sp³-hybridized carbons (Fsp3) is 0.538. The molecular formula is C13H19ClO. The summed E-state index contributed by atoms with van der Waals surface area (Å²) in [6.45, 7) is 6.82. The number of aliphatic hydroxyl groups is 1. The normalized spacial score (nSPS) is 13.9. The van der Waals surface area contributed by atoms with Crippen molar-refractivity contribution in [1.29, 1.82) is 0 Å². The Labute approximate surface area is 97.1 Å².